The van der Waals surface area contributed by atoms with Crippen molar-refractivity contribution in [2.24, 2.45) is 0 Å². The van der Waals surface area contributed by atoms with Crippen LogP contribution in [0.15, 0.2) is 30.3 Å². The van der Waals surface area contributed by atoms with E-state index in [0.29, 0.717) is 0 Å². The molecule has 0 saturated carbocycles. The minimum atomic E-state index is -0.709. The van der Waals surface area contributed by atoms with Crippen LogP contribution in [0.25, 0.3) is 10.9 Å². The second kappa shape index (κ2) is 3.70. The second-order valence-corrected chi connectivity index (χ2v) is 4.01. The van der Waals surface area contributed by atoms with Gasteiger partial charge in [-0.1, -0.05) is 32.0 Å². The molecule has 2 nitrogen and oxygen atoms in total. The van der Waals surface area contributed by atoms with Crippen molar-refractivity contribution in [2.75, 3.05) is 0 Å². The molecule has 0 saturated heterocycles. The van der Waals surface area contributed by atoms with Crippen LogP contribution in [-0.2, 0) is 5.60 Å². The first-order chi connectivity index (χ1) is 7.19. The summed E-state index contributed by atoms with van der Waals surface area (Å²) in [6.45, 7) is 4.02. The Bertz CT molecular complexity index is 421. The monoisotopic (exact) mass is 203 g/mol. The molecule has 1 aromatic heterocycles. The van der Waals surface area contributed by atoms with Gasteiger partial charge in [0, 0.05) is 11.2 Å². The normalized spacial score (nSPS) is 12.2. The molecule has 0 aliphatic carbocycles. The van der Waals surface area contributed by atoms with E-state index in [1.807, 2.05) is 38.1 Å². The minimum absolute atomic E-state index is 0.709. The van der Waals surface area contributed by atoms with E-state index in [4.69, 9.17) is 0 Å². The van der Waals surface area contributed by atoms with E-state index in [1.165, 1.54) is 0 Å². The molecule has 0 spiro atoms. The summed E-state index contributed by atoms with van der Waals surface area (Å²) in [7, 11) is 0. The molecule has 1 aromatic carbocycles. The first-order valence-electron chi connectivity index (χ1n) is 5.50. The van der Waals surface area contributed by atoms with Crippen molar-refractivity contribution >= 4 is 10.9 Å². The van der Waals surface area contributed by atoms with Crippen molar-refractivity contribution in [1.29, 1.82) is 0 Å². The predicted molar refractivity (Wildman–Crippen MR) is 62.8 cm³/mol. The number of aliphatic hydroxyl groups is 1. The lowest BCUT2D eigenvalue weighted by atomic mass is 9.93. The van der Waals surface area contributed by atoms with Crippen molar-refractivity contribution in [1.82, 2.24) is 4.98 Å². The molecule has 2 rings (SSSR count). The lowest BCUT2D eigenvalue weighted by Gasteiger charge is -2.23. The zero-order valence-corrected chi connectivity index (χ0v) is 9.25. The zero-order chi connectivity index (χ0) is 10.9. The number of para-hydroxylation sites is 1. The Balaban J connectivity index is 2.52. The summed E-state index contributed by atoms with van der Waals surface area (Å²) in [5.41, 5.74) is 1.31. The lowest BCUT2D eigenvalue weighted by Crippen LogP contribution is -2.23. The molecule has 0 aliphatic rings. The molecule has 0 unspecified atom stereocenters. The van der Waals surface area contributed by atoms with E-state index in [9.17, 15) is 5.11 Å². The minimum Gasteiger partial charge on any atom is -0.384 e. The highest BCUT2D eigenvalue weighted by Crippen LogP contribution is 2.30. The van der Waals surface area contributed by atoms with Crippen molar-refractivity contribution in [3.05, 3.63) is 36.0 Å². The molecule has 1 heterocycles. The van der Waals surface area contributed by atoms with Gasteiger partial charge in [0.15, 0.2) is 0 Å². The number of nitrogens with one attached hydrogen (secondary N) is 1. The number of fused-ring (bicyclic) bond motifs is 1. The summed E-state index contributed by atoms with van der Waals surface area (Å²) < 4.78 is 0. The third-order valence-electron chi connectivity index (χ3n) is 3.20. The SMILES string of the molecule is CCC(O)(CC)c1cc2ccccc2[nH]1. The van der Waals surface area contributed by atoms with Gasteiger partial charge in [0.25, 0.3) is 0 Å². The molecule has 0 radical (unpaired) electrons. The van der Waals surface area contributed by atoms with Gasteiger partial charge < -0.3 is 10.1 Å². The second-order valence-electron chi connectivity index (χ2n) is 4.01. The quantitative estimate of drug-likeness (QED) is 0.789. The summed E-state index contributed by atoms with van der Waals surface area (Å²) >= 11 is 0. The van der Waals surface area contributed by atoms with E-state index < -0.39 is 5.60 Å². The van der Waals surface area contributed by atoms with Crippen LogP contribution >= 0.6 is 0 Å². The van der Waals surface area contributed by atoms with Gasteiger partial charge in [0.1, 0.15) is 5.60 Å². The highest BCUT2D eigenvalue weighted by Gasteiger charge is 2.26. The molecule has 0 aliphatic heterocycles. The predicted octanol–water partition coefficient (Wildman–Crippen LogP) is 3.18. The first kappa shape index (κ1) is 10.2. The standard InChI is InChI=1S/C13H17NO/c1-3-13(15,4-2)12-9-10-7-5-6-8-11(10)14-12/h5-9,14-15H,3-4H2,1-2H3. The van der Waals surface area contributed by atoms with Crippen LogP contribution in [0.4, 0.5) is 0 Å². The first-order valence-corrected chi connectivity index (χ1v) is 5.50. The van der Waals surface area contributed by atoms with Crippen molar-refractivity contribution in [3.8, 4) is 0 Å². The van der Waals surface area contributed by atoms with Gasteiger partial charge in [-0.15, -0.1) is 0 Å². The molecule has 2 aromatic rings. The van der Waals surface area contributed by atoms with Crippen molar-refractivity contribution < 1.29 is 5.11 Å². The highest BCUT2D eigenvalue weighted by atomic mass is 16.3. The molecule has 0 atom stereocenters. The Morgan fingerprint density at radius 3 is 2.47 bits per heavy atom. The molecule has 0 bridgehead atoms. The third kappa shape index (κ3) is 1.65. The fourth-order valence-corrected chi connectivity index (χ4v) is 1.95. The van der Waals surface area contributed by atoms with Crippen LogP contribution in [0.2, 0.25) is 0 Å². The van der Waals surface area contributed by atoms with Gasteiger partial charge in [-0.3, -0.25) is 0 Å². The van der Waals surface area contributed by atoms with Gasteiger partial charge in [0.05, 0.1) is 0 Å². The zero-order valence-electron chi connectivity index (χ0n) is 9.25. The molecule has 80 valence electrons. The Kier molecular flexibility index (Phi) is 2.53. The maximum absolute atomic E-state index is 10.4. The van der Waals surface area contributed by atoms with E-state index in [2.05, 4.69) is 11.1 Å². The van der Waals surface area contributed by atoms with Crippen LogP contribution < -0.4 is 0 Å². The highest BCUT2D eigenvalue weighted by molar-refractivity contribution is 5.80. The number of hydrogen-bond donors (Lipinski definition) is 2. The van der Waals surface area contributed by atoms with Gasteiger partial charge in [-0.2, -0.15) is 0 Å². The van der Waals surface area contributed by atoms with Gasteiger partial charge in [-0.25, -0.2) is 0 Å². The van der Waals surface area contributed by atoms with Crippen LogP contribution in [0.1, 0.15) is 32.4 Å². The molecule has 0 fully saturated rings. The summed E-state index contributed by atoms with van der Waals surface area (Å²) in [6, 6.07) is 10.1. The third-order valence-corrected chi connectivity index (χ3v) is 3.20. The summed E-state index contributed by atoms with van der Waals surface area (Å²) in [5, 5.41) is 11.5. The van der Waals surface area contributed by atoms with Crippen LogP contribution in [0.3, 0.4) is 0 Å². The molecule has 0 amide bonds. The Hall–Kier alpha value is -1.28. The molecular formula is C13H17NO. The number of rotatable bonds is 3. The van der Waals surface area contributed by atoms with E-state index in [1.54, 1.807) is 0 Å². The Morgan fingerprint density at radius 2 is 1.87 bits per heavy atom. The van der Waals surface area contributed by atoms with Crippen molar-refractivity contribution in [3.63, 3.8) is 0 Å². The number of benzene rings is 1. The van der Waals surface area contributed by atoms with Crippen LogP contribution in [0, 0.1) is 0 Å². The van der Waals surface area contributed by atoms with Crippen LogP contribution in [0.5, 0.6) is 0 Å². The van der Waals surface area contributed by atoms with E-state index >= 15 is 0 Å². The van der Waals surface area contributed by atoms with Gasteiger partial charge in [0.2, 0.25) is 0 Å². The summed E-state index contributed by atoms with van der Waals surface area (Å²) in [5.74, 6) is 0. The number of aromatic nitrogens is 1. The number of aromatic amines is 1. The van der Waals surface area contributed by atoms with Gasteiger partial charge >= 0.3 is 0 Å². The fraction of sp³-hybridized carbons (Fsp3) is 0.385. The van der Waals surface area contributed by atoms with Crippen LogP contribution in [-0.4, -0.2) is 10.1 Å². The maximum atomic E-state index is 10.4. The lowest BCUT2D eigenvalue weighted by molar-refractivity contribution is 0.0247. The number of H-pyrrole nitrogens is 1. The Morgan fingerprint density at radius 1 is 1.20 bits per heavy atom. The molecule has 2 heteroatoms. The van der Waals surface area contributed by atoms with Gasteiger partial charge in [-0.05, 0) is 30.4 Å². The van der Waals surface area contributed by atoms with E-state index in [-0.39, 0.29) is 0 Å². The van der Waals surface area contributed by atoms with Crippen molar-refractivity contribution in [2.45, 2.75) is 32.3 Å². The smallest absolute Gasteiger partial charge is 0.104 e. The maximum Gasteiger partial charge on any atom is 0.104 e. The largest absolute Gasteiger partial charge is 0.384 e. The molecular weight excluding hydrogens is 186 g/mol. The fourth-order valence-electron chi connectivity index (χ4n) is 1.95. The average molecular weight is 203 g/mol. The topological polar surface area (TPSA) is 36.0 Å². The molecule has 2 N–H and O–H groups in total. The summed E-state index contributed by atoms with van der Waals surface area (Å²) in [6.07, 6.45) is 1.46. The van der Waals surface area contributed by atoms with E-state index in [0.717, 1.165) is 29.4 Å². The average Bonchev–Trinajstić information content (AvgIpc) is 2.72. The number of hydrogen-bond acceptors (Lipinski definition) is 1. The summed E-state index contributed by atoms with van der Waals surface area (Å²) in [4.78, 5) is 3.29. The Labute approximate surface area is 89.9 Å². The molecule has 15 heavy (non-hydrogen) atoms.